The van der Waals surface area contributed by atoms with Crippen molar-refractivity contribution >= 4 is 23.1 Å². The summed E-state index contributed by atoms with van der Waals surface area (Å²) < 4.78 is 15.7. The lowest BCUT2D eigenvalue weighted by atomic mass is 10.1. The largest absolute Gasteiger partial charge is 0.495 e. The van der Waals surface area contributed by atoms with Gasteiger partial charge in [0.15, 0.2) is 17.3 Å². The number of ether oxygens (including phenoxy) is 3. The molecule has 1 heterocycles. The molecule has 1 aliphatic rings. The molecule has 0 spiro atoms. The number of benzene rings is 2. The monoisotopic (exact) mass is 331 g/mol. The number of halogens is 1. The Morgan fingerprint density at radius 3 is 2.87 bits per heavy atom. The Balaban J connectivity index is 1.71. The maximum atomic E-state index is 12.2. The van der Waals surface area contributed by atoms with Crippen LogP contribution in [-0.2, 0) is 0 Å². The maximum absolute atomic E-state index is 12.2. The molecule has 23 heavy (non-hydrogen) atoms. The van der Waals surface area contributed by atoms with Crippen LogP contribution in [0.15, 0.2) is 48.7 Å². The highest BCUT2D eigenvalue weighted by Crippen LogP contribution is 2.32. The predicted octanol–water partition coefficient (Wildman–Crippen LogP) is 3.89. The van der Waals surface area contributed by atoms with E-state index in [1.165, 1.54) is 6.08 Å². The molecule has 0 saturated carbocycles. The molecule has 3 rings (SSSR count). The van der Waals surface area contributed by atoms with Gasteiger partial charge in [-0.1, -0.05) is 11.6 Å². The Kier molecular flexibility index (Phi) is 4.39. The SMILES string of the molecule is COc1ccc(Cl)cc1N/C=C/C(=O)c1ccc2c(c1)OCO2. The molecule has 0 bridgehead atoms. The molecule has 0 unspecified atom stereocenters. The Morgan fingerprint density at radius 1 is 1.22 bits per heavy atom. The van der Waals surface area contributed by atoms with Crippen molar-refractivity contribution in [3.8, 4) is 17.2 Å². The summed E-state index contributed by atoms with van der Waals surface area (Å²) >= 11 is 5.95. The lowest BCUT2D eigenvalue weighted by Gasteiger charge is -2.08. The number of nitrogens with one attached hydrogen (secondary N) is 1. The van der Waals surface area contributed by atoms with Gasteiger partial charge in [0.1, 0.15) is 5.75 Å². The fourth-order valence-corrected chi connectivity index (χ4v) is 2.32. The summed E-state index contributed by atoms with van der Waals surface area (Å²) in [6.45, 7) is 0.179. The third-order valence-corrected chi connectivity index (χ3v) is 3.53. The zero-order chi connectivity index (χ0) is 16.2. The first-order chi connectivity index (χ1) is 11.2. The summed E-state index contributed by atoms with van der Waals surface area (Å²) in [5.41, 5.74) is 1.19. The molecule has 0 aliphatic carbocycles. The molecule has 0 saturated heterocycles. The summed E-state index contributed by atoms with van der Waals surface area (Å²) in [4.78, 5) is 12.2. The molecule has 0 atom stereocenters. The summed E-state index contributed by atoms with van der Waals surface area (Å²) in [6, 6.07) is 10.3. The van der Waals surface area contributed by atoms with Crippen LogP contribution in [0.5, 0.6) is 17.2 Å². The Bertz CT molecular complexity index is 773. The molecule has 2 aromatic rings. The summed E-state index contributed by atoms with van der Waals surface area (Å²) in [7, 11) is 1.57. The van der Waals surface area contributed by atoms with Crippen LogP contribution in [0.1, 0.15) is 10.4 Å². The number of carbonyl (C=O) groups excluding carboxylic acids is 1. The molecule has 1 aliphatic heterocycles. The van der Waals surface area contributed by atoms with Gasteiger partial charge in [-0.2, -0.15) is 0 Å². The quantitative estimate of drug-likeness (QED) is 0.665. The number of hydrogen-bond acceptors (Lipinski definition) is 5. The van der Waals surface area contributed by atoms with Crippen LogP contribution >= 0.6 is 11.6 Å². The number of rotatable bonds is 5. The number of methoxy groups -OCH3 is 1. The van der Waals surface area contributed by atoms with Gasteiger partial charge in [-0.25, -0.2) is 0 Å². The lowest BCUT2D eigenvalue weighted by molar-refractivity contribution is 0.104. The van der Waals surface area contributed by atoms with Crippen LogP contribution in [0.25, 0.3) is 0 Å². The second kappa shape index (κ2) is 6.62. The third-order valence-electron chi connectivity index (χ3n) is 3.29. The smallest absolute Gasteiger partial charge is 0.231 e. The molecular weight excluding hydrogens is 318 g/mol. The van der Waals surface area contributed by atoms with Crippen molar-refractivity contribution in [3.63, 3.8) is 0 Å². The van der Waals surface area contributed by atoms with E-state index in [0.29, 0.717) is 33.5 Å². The lowest BCUT2D eigenvalue weighted by Crippen LogP contribution is -1.97. The molecule has 5 nitrogen and oxygen atoms in total. The highest BCUT2D eigenvalue weighted by atomic mass is 35.5. The number of anilines is 1. The second-order valence-corrected chi connectivity index (χ2v) is 5.19. The van der Waals surface area contributed by atoms with Gasteiger partial charge >= 0.3 is 0 Å². The fraction of sp³-hybridized carbons (Fsp3) is 0.118. The van der Waals surface area contributed by atoms with Gasteiger partial charge in [0, 0.05) is 22.9 Å². The number of ketones is 1. The summed E-state index contributed by atoms with van der Waals surface area (Å²) in [6.07, 6.45) is 2.97. The first-order valence-corrected chi connectivity index (χ1v) is 7.26. The zero-order valence-electron chi connectivity index (χ0n) is 12.3. The van der Waals surface area contributed by atoms with Gasteiger partial charge in [-0.15, -0.1) is 0 Å². The first-order valence-electron chi connectivity index (χ1n) is 6.88. The third kappa shape index (κ3) is 3.40. The van der Waals surface area contributed by atoms with E-state index in [1.54, 1.807) is 49.7 Å². The average molecular weight is 332 g/mol. The van der Waals surface area contributed by atoms with Crippen LogP contribution in [0.4, 0.5) is 5.69 Å². The van der Waals surface area contributed by atoms with Gasteiger partial charge in [0.05, 0.1) is 12.8 Å². The van der Waals surface area contributed by atoms with Gasteiger partial charge in [-0.3, -0.25) is 4.79 Å². The first kappa shape index (κ1) is 15.2. The van der Waals surface area contributed by atoms with Gasteiger partial charge in [-0.05, 0) is 36.4 Å². The highest BCUT2D eigenvalue weighted by Gasteiger charge is 2.15. The maximum Gasteiger partial charge on any atom is 0.231 e. The zero-order valence-corrected chi connectivity index (χ0v) is 13.1. The van der Waals surface area contributed by atoms with E-state index in [1.807, 2.05) is 0 Å². The fourth-order valence-electron chi connectivity index (χ4n) is 2.15. The van der Waals surface area contributed by atoms with Crippen molar-refractivity contribution in [2.75, 3.05) is 19.2 Å². The van der Waals surface area contributed by atoms with E-state index < -0.39 is 0 Å². The molecular formula is C17H14ClNO4. The van der Waals surface area contributed by atoms with Crippen molar-refractivity contribution in [2.45, 2.75) is 0 Å². The van der Waals surface area contributed by atoms with E-state index in [-0.39, 0.29) is 12.6 Å². The van der Waals surface area contributed by atoms with Crippen molar-refractivity contribution in [3.05, 3.63) is 59.3 Å². The van der Waals surface area contributed by atoms with E-state index >= 15 is 0 Å². The van der Waals surface area contributed by atoms with Crippen LogP contribution in [0.2, 0.25) is 5.02 Å². The minimum absolute atomic E-state index is 0.156. The van der Waals surface area contributed by atoms with Gasteiger partial charge in [0.2, 0.25) is 6.79 Å². The normalized spacial score (nSPS) is 12.4. The number of carbonyl (C=O) groups is 1. The van der Waals surface area contributed by atoms with Crippen molar-refractivity contribution in [1.82, 2.24) is 0 Å². The Hall–Kier alpha value is -2.66. The molecule has 0 aromatic heterocycles. The van der Waals surface area contributed by atoms with Crippen molar-refractivity contribution in [2.24, 2.45) is 0 Å². The molecule has 6 heteroatoms. The van der Waals surface area contributed by atoms with E-state index in [9.17, 15) is 4.79 Å². The number of allylic oxidation sites excluding steroid dienone is 1. The van der Waals surface area contributed by atoms with Crippen molar-refractivity contribution < 1.29 is 19.0 Å². The Labute approximate surface area is 138 Å². The Morgan fingerprint density at radius 2 is 2.04 bits per heavy atom. The van der Waals surface area contributed by atoms with Crippen molar-refractivity contribution in [1.29, 1.82) is 0 Å². The average Bonchev–Trinajstić information content (AvgIpc) is 3.02. The van der Waals surface area contributed by atoms with Crippen LogP contribution in [-0.4, -0.2) is 19.7 Å². The predicted molar refractivity (Wildman–Crippen MR) is 87.7 cm³/mol. The van der Waals surface area contributed by atoms with Crippen LogP contribution < -0.4 is 19.5 Å². The second-order valence-electron chi connectivity index (χ2n) is 4.75. The molecule has 0 radical (unpaired) electrons. The highest BCUT2D eigenvalue weighted by molar-refractivity contribution is 6.30. The van der Waals surface area contributed by atoms with Crippen LogP contribution in [0, 0.1) is 0 Å². The van der Waals surface area contributed by atoms with Crippen LogP contribution in [0.3, 0.4) is 0 Å². The number of fused-ring (bicyclic) bond motifs is 1. The summed E-state index contributed by atoms with van der Waals surface area (Å²) in [5.74, 6) is 1.70. The van der Waals surface area contributed by atoms with E-state index in [2.05, 4.69) is 5.32 Å². The number of hydrogen-bond donors (Lipinski definition) is 1. The molecule has 118 valence electrons. The minimum Gasteiger partial charge on any atom is -0.495 e. The topological polar surface area (TPSA) is 56.8 Å². The minimum atomic E-state index is -0.156. The molecule has 0 fully saturated rings. The van der Waals surface area contributed by atoms with Gasteiger partial charge in [0.25, 0.3) is 0 Å². The molecule has 1 N–H and O–H groups in total. The molecule has 0 amide bonds. The summed E-state index contributed by atoms with van der Waals surface area (Å²) in [5, 5.41) is 3.56. The standard InChI is InChI=1S/C17H14ClNO4/c1-21-15-5-3-12(18)9-13(15)19-7-6-14(20)11-2-4-16-17(8-11)23-10-22-16/h2-9,19H,10H2,1H3/b7-6+. The molecule has 2 aromatic carbocycles. The van der Waals surface area contributed by atoms with E-state index in [4.69, 9.17) is 25.8 Å². The van der Waals surface area contributed by atoms with Gasteiger partial charge < -0.3 is 19.5 Å². The van der Waals surface area contributed by atoms with E-state index in [0.717, 1.165) is 0 Å².